The van der Waals surface area contributed by atoms with Gasteiger partial charge in [0.1, 0.15) is 11.5 Å². The molecule has 0 bridgehead atoms. The van der Waals surface area contributed by atoms with Crippen LogP contribution in [0.5, 0.6) is 0 Å². The van der Waals surface area contributed by atoms with Crippen LogP contribution >= 0.6 is 0 Å². The molecule has 4 heteroatoms. The van der Waals surface area contributed by atoms with E-state index < -0.39 is 0 Å². The van der Waals surface area contributed by atoms with E-state index in [1.807, 2.05) is 6.07 Å². The average molecular weight is 258 g/mol. The topological polar surface area (TPSA) is 66.0 Å². The number of hydrogen-bond donors (Lipinski definition) is 2. The average Bonchev–Trinajstić information content (AvgIpc) is 3.09. The first-order valence-corrected chi connectivity index (χ1v) is 7.33. The van der Waals surface area contributed by atoms with Gasteiger partial charge in [0.15, 0.2) is 0 Å². The van der Waals surface area contributed by atoms with Gasteiger partial charge in [0.05, 0.1) is 5.69 Å². The first-order chi connectivity index (χ1) is 9.27. The second-order valence-electron chi connectivity index (χ2n) is 5.73. The largest absolute Gasteiger partial charge is 0.382 e. The molecule has 1 saturated heterocycles. The number of pyridine rings is 1. The number of nitrogens with two attached hydrogens (primary N) is 1. The quantitative estimate of drug-likeness (QED) is 0.646. The van der Waals surface area contributed by atoms with Crippen molar-refractivity contribution in [2.24, 2.45) is 11.7 Å². The van der Waals surface area contributed by atoms with E-state index in [0.29, 0.717) is 11.7 Å². The van der Waals surface area contributed by atoms with Crippen molar-refractivity contribution in [2.75, 3.05) is 11.4 Å². The molecule has 4 nitrogen and oxygen atoms in total. The summed E-state index contributed by atoms with van der Waals surface area (Å²) in [7, 11) is 0. The Morgan fingerprint density at radius 1 is 1.26 bits per heavy atom. The van der Waals surface area contributed by atoms with Crippen LogP contribution < -0.4 is 10.6 Å². The number of nitrogens with zero attached hydrogens (tertiary/aromatic N) is 2. The first-order valence-electron chi connectivity index (χ1n) is 7.33. The standard InChI is InChI=1S/C15H22N4/c16-15(17)14-13(7-3-9-18-14)19-10-4-8-12(19)11-5-1-2-6-11/h3,7,9,11-12H,1-2,4-6,8,10H2,(H3,16,17). The van der Waals surface area contributed by atoms with Crippen LogP contribution in [-0.2, 0) is 0 Å². The maximum Gasteiger partial charge on any atom is 0.143 e. The minimum absolute atomic E-state index is 0.0765. The Bertz CT molecular complexity index is 465. The Balaban J connectivity index is 1.90. The van der Waals surface area contributed by atoms with Crippen molar-refractivity contribution in [3.05, 3.63) is 24.0 Å². The van der Waals surface area contributed by atoms with Gasteiger partial charge in [-0.05, 0) is 43.7 Å². The van der Waals surface area contributed by atoms with E-state index >= 15 is 0 Å². The van der Waals surface area contributed by atoms with Crippen LogP contribution in [0.4, 0.5) is 5.69 Å². The third-order valence-corrected chi connectivity index (χ3v) is 4.59. The van der Waals surface area contributed by atoms with Gasteiger partial charge in [0.2, 0.25) is 0 Å². The van der Waals surface area contributed by atoms with E-state index in [0.717, 1.165) is 18.2 Å². The number of aromatic nitrogens is 1. The van der Waals surface area contributed by atoms with E-state index in [1.165, 1.54) is 38.5 Å². The normalized spacial score (nSPS) is 24.0. The summed E-state index contributed by atoms with van der Waals surface area (Å²) in [5.41, 5.74) is 7.38. The summed E-state index contributed by atoms with van der Waals surface area (Å²) in [6.07, 6.45) is 9.71. The highest BCUT2D eigenvalue weighted by atomic mass is 15.2. The second-order valence-corrected chi connectivity index (χ2v) is 5.73. The molecule has 1 unspecified atom stereocenters. The zero-order chi connectivity index (χ0) is 13.2. The van der Waals surface area contributed by atoms with Crippen LogP contribution in [0.1, 0.15) is 44.2 Å². The molecular weight excluding hydrogens is 236 g/mol. The molecule has 1 aliphatic heterocycles. The van der Waals surface area contributed by atoms with Crippen LogP contribution in [0.25, 0.3) is 0 Å². The zero-order valence-electron chi connectivity index (χ0n) is 11.3. The van der Waals surface area contributed by atoms with Gasteiger partial charge in [-0.25, -0.2) is 0 Å². The molecule has 0 amide bonds. The Hall–Kier alpha value is -1.58. The van der Waals surface area contributed by atoms with Gasteiger partial charge in [-0.1, -0.05) is 12.8 Å². The lowest BCUT2D eigenvalue weighted by Gasteiger charge is -2.32. The molecule has 0 radical (unpaired) electrons. The van der Waals surface area contributed by atoms with Gasteiger partial charge in [0, 0.05) is 18.8 Å². The monoisotopic (exact) mass is 258 g/mol. The highest BCUT2D eigenvalue weighted by molar-refractivity contribution is 5.98. The number of rotatable bonds is 3. The lowest BCUT2D eigenvalue weighted by atomic mass is 9.95. The molecular formula is C15H22N4. The third kappa shape index (κ3) is 2.31. The van der Waals surface area contributed by atoms with Crippen molar-refractivity contribution < 1.29 is 0 Å². The molecule has 2 aliphatic rings. The summed E-state index contributed by atoms with van der Waals surface area (Å²) in [6, 6.07) is 4.65. The van der Waals surface area contributed by atoms with E-state index in [-0.39, 0.29) is 5.84 Å². The molecule has 1 aromatic rings. The van der Waals surface area contributed by atoms with E-state index in [9.17, 15) is 0 Å². The molecule has 1 saturated carbocycles. The van der Waals surface area contributed by atoms with Gasteiger partial charge in [-0.15, -0.1) is 0 Å². The molecule has 1 aliphatic carbocycles. The maximum absolute atomic E-state index is 7.70. The van der Waals surface area contributed by atoms with Gasteiger partial charge in [-0.2, -0.15) is 0 Å². The Kier molecular flexibility index (Phi) is 3.40. The summed E-state index contributed by atoms with van der Waals surface area (Å²) in [4.78, 5) is 6.75. The SMILES string of the molecule is N=C(N)c1ncccc1N1CCCC1C1CCCC1. The summed E-state index contributed by atoms with van der Waals surface area (Å²) >= 11 is 0. The van der Waals surface area contributed by atoms with Crippen molar-refractivity contribution in [3.8, 4) is 0 Å². The fourth-order valence-electron chi connectivity index (χ4n) is 3.76. The van der Waals surface area contributed by atoms with Crippen LogP contribution in [-0.4, -0.2) is 23.4 Å². The van der Waals surface area contributed by atoms with Crippen molar-refractivity contribution in [2.45, 2.75) is 44.6 Å². The van der Waals surface area contributed by atoms with Crippen molar-refractivity contribution in [3.63, 3.8) is 0 Å². The van der Waals surface area contributed by atoms with Crippen molar-refractivity contribution in [1.82, 2.24) is 4.98 Å². The van der Waals surface area contributed by atoms with Crippen LogP contribution in [0.15, 0.2) is 18.3 Å². The minimum atomic E-state index is 0.0765. The zero-order valence-corrected chi connectivity index (χ0v) is 11.3. The minimum Gasteiger partial charge on any atom is -0.382 e. The van der Waals surface area contributed by atoms with Crippen LogP contribution in [0.3, 0.4) is 0 Å². The summed E-state index contributed by atoms with van der Waals surface area (Å²) in [6.45, 7) is 1.08. The lowest BCUT2D eigenvalue weighted by molar-refractivity contribution is 0.430. The molecule has 0 spiro atoms. The summed E-state index contributed by atoms with van der Waals surface area (Å²) in [5.74, 6) is 0.898. The lowest BCUT2D eigenvalue weighted by Crippen LogP contribution is -2.36. The Morgan fingerprint density at radius 2 is 2.05 bits per heavy atom. The predicted octanol–water partition coefficient (Wildman–Crippen LogP) is 2.52. The molecule has 2 fully saturated rings. The Labute approximate surface area is 114 Å². The molecule has 2 heterocycles. The number of anilines is 1. The predicted molar refractivity (Wildman–Crippen MR) is 77.6 cm³/mol. The molecule has 1 atom stereocenters. The maximum atomic E-state index is 7.70. The van der Waals surface area contributed by atoms with E-state index in [1.54, 1.807) is 6.20 Å². The molecule has 3 rings (SSSR count). The van der Waals surface area contributed by atoms with E-state index in [2.05, 4.69) is 16.0 Å². The smallest absolute Gasteiger partial charge is 0.143 e. The van der Waals surface area contributed by atoms with Crippen LogP contribution in [0.2, 0.25) is 0 Å². The third-order valence-electron chi connectivity index (χ3n) is 4.59. The van der Waals surface area contributed by atoms with Gasteiger partial charge in [0.25, 0.3) is 0 Å². The Morgan fingerprint density at radius 3 is 2.79 bits per heavy atom. The molecule has 1 aromatic heterocycles. The number of amidine groups is 1. The molecule has 0 aromatic carbocycles. The fourth-order valence-corrected chi connectivity index (χ4v) is 3.76. The van der Waals surface area contributed by atoms with Crippen LogP contribution in [0, 0.1) is 11.3 Å². The number of hydrogen-bond acceptors (Lipinski definition) is 3. The van der Waals surface area contributed by atoms with Gasteiger partial charge < -0.3 is 10.6 Å². The summed E-state index contributed by atoms with van der Waals surface area (Å²) < 4.78 is 0. The van der Waals surface area contributed by atoms with Crippen molar-refractivity contribution >= 4 is 11.5 Å². The second kappa shape index (κ2) is 5.19. The number of nitrogen functional groups attached to an aromatic ring is 1. The first kappa shape index (κ1) is 12.5. The fraction of sp³-hybridized carbons (Fsp3) is 0.600. The number of nitrogens with one attached hydrogen (secondary N) is 1. The molecule has 19 heavy (non-hydrogen) atoms. The van der Waals surface area contributed by atoms with E-state index in [4.69, 9.17) is 11.1 Å². The highest BCUT2D eigenvalue weighted by Gasteiger charge is 2.34. The van der Waals surface area contributed by atoms with Crippen molar-refractivity contribution in [1.29, 1.82) is 5.41 Å². The summed E-state index contributed by atoms with van der Waals surface area (Å²) in [5, 5.41) is 7.70. The van der Waals surface area contributed by atoms with Gasteiger partial charge in [-0.3, -0.25) is 10.4 Å². The molecule has 102 valence electrons. The molecule has 3 N–H and O–H groups in total. The van der Waals surface area contributed by atoms with Gasteiger partial charge >= 0.3 is 0 Å². The highest BCUT2D eigenvalue weighted by Crippen LogP contribution is 2.38.